The number of hydrogen-bond donors (Lipinski definition) is 2. The van der Waals surface area contributed by atoms with E-state index in [0.717, 1.165) is 5.56 Å². The van der Waals surface area contributed by atoms with Gasteiger partial charge >= 0.3 is 0 Å². The molecule has 166 valence electrons. The summed E-state index contributed by atoms with van der Waals surface area (Å²) in [5, 5.41) is 5.71. The molecule has 0 saturated carbocycles. The molecule has 32 heavy (non-hydrogen) atoms. The van der Waals surface area contributed by atoms with Gasteiger partial charge in [0.15, 0.2) is 6.10 Å². The van der Waals surface area contributed by atoms with Gasteiger partial charge in [0, 0.05) is 16.9 Å². The molecule has 0 aromatic heterocycles. The lowest BCUT2D eigenvalue weighted by molar-refractivity contribution is -0.122. The maximum absolute atomic E-state index is 12.5. The van der Waals surface area contributed by atoms with Gasteiger partial charge in [0.05, 0.1) is 0 Å². The van der Waals surface area contributed by atoms with E-state index in [4.69, 9.17) is 4.74 Å². The first kappa shape index (κ1) is 23.1. The number of hydrogen-bond acceptors (Lipinski definition) is 3. The van der Waals surface area contributed by atoms with Crippen LogP contribution in [0.4, 0.5) is 11.4 Å². The lowest BCUT2D eigenvalue weighted by Crippen LogP contribution is -2.30. The van der Waals surface area contributed by atoms with Crippen LogP contribution >= 0.6 is 0 Å². The van der Waals surface area contributed by atoms with Gasteiger partial charge in [-0.2, -0.15) is 0 Å². The summed E-state index contributed by atoms with van der Waals surface area (Å²) in [6.07, 6.45) is -0.645. The highest BCUT2D eigenvalue weighted by molar-refractivity contribution is 6.04. The minimum atomic E-state index is -0.645. The van der Waals surface area contributed by atoms with E-state index in [1.165, 1.54) is 5.56 Å². The molecule has 5 heteroatoms. The molecule has 0 aliphatic rings. The standard InChI is InChI=1S/C27H30N2O3/c1-18-6-16-24(17-7-18)32-19(2)25(30)28-22-12-14-23(15-13-22)29-26(31)20-8-10-21(11-9-20)27(3,4)5/h6-17,19H,1-5H3,(H,28,30)(H,29,31). The molecule has 0 spiro atoms. The Morgan fingerprint density at radius 1 is 0.781 bits per heavy atom. The number of ether oxygens (including phenoxy) is 1. The second kappa shape index (κ2) is 9.69. The van der Waals surface area contributed by atoms with Gasteiger partial charge in [-0.05, 0) is 73.4 Å². The number of carbonyl (C=O) groups is 2. The van der Waals surface area contributed by atoms with Crippen LogP contribution in [-0.2, 0) is 10.2 Å². The number of anilines is 2. The maximum atomic E-state index is 12.5. The Labute approximate surface area is 189 Å². The number of amides is 2. The van der Waals surface area contributed by atoms with Crippen molar-refractivity contribution < 1.29 is 14.3 Å². The third kappa shape index (κ3) is 6.20. The van der Waals surface area contributed by atoms with E-state index in [0.29, 0.717) is 22.7 Å². The van der Waals surface area contributed by atoms with Crippen molar-refractivity contribution in [1.82, 2.24) is 0 Å². The van der Waals surface area contributed by atoms with E-state index in [-0.39, 0.29) is 17.2 Å². The average molecular weight is 431 g/mol. The van der Waals surface area contributed by atoms with Crippen LogP contribution in [0, 0.1) is 6.92 Å². The summed E-state index contributed by atoms with van der Waals surface area (Å²) in [5.41, 5.74) is 4.22. The van der Waals surface area contributed by atoms with Gasteiger partial charge in [0.1, 0.15) is 5.75 Å². The molecule has 1 unspecified atom stereocenters. The normalized spacial score (nSPS) is 12.0. The molecule has 0 heterocycles. The predicted octanol–water partition coefficient (Wildman–Crippen LogP) is 5.95. The van der Waals surface area contributed by atoms with Gasteiger partial charge in [0.25, 0.3) is 11.8 Å². The SMILES string of the molecule is Cc1ccc(OC(C)C(=O)Nc2ccc(NC(=O)c3ccc(C(C)(C)C)cc3)cc2)cc1. The molecule has 0 bridgehead atoms. The summed E-state index contributed by atoms with van der Waals surface area (Å²) in [7, 11) is 0. The lowest BCUT2D eigenvalue weighted by atomic mass is 9.87. The highest BCUT2D eigenvalue weighted by Gasteiger charge is 2.16. The first-order valence-corrected chi connectivity index (χ1v) is 10.7. The number of nitrogens with one attached hydrogen (secondary N) is 2. The minimum absolute atomic E-state index is 0.0396. The maximum Gasteiger partial charge on any atom is 0.265 e. The summed E-state index contributed by atoms with van der Waals surface area (Å²) in [4.78, 5) is 24.9. The van der Waals surface area contributed by atoms with Crippen LogP contribution in [0.1, 0.15) is 49.2 Å². The van der Waals surface area contributed by atoms with E-state index < -0.39 is 6.10 Å². The van der Waals surface area contributed by atoms with Crippen LogP contribution in [0.25, 0.3) is 0 Å². The van der Waals surface area contributed by atoms with E-state index >= 15 is 0 Å². The van der Waals surface area contributed by atoms with Crippen molar-refractivity contribution in [3.63, 3.8) is 0 Å². The Kier molecular flexibility index (Phi) is 6.98. The molecule has 0 saturated heterocycles. The van der Waals surface area contributed by atoms with Crippen LogP contribution < -0.4 is 15.4 Å². The molecule has 0 aliphatic heterocycles. The number of aryl methyl sites for hydroxylation is 1. The molecule has 3 aromatic carbocycles. The minimum Gasteiger partial charge on any atom is -0.481 e. The second-order valence-corrected chi connectivity index (χ2v) is 8.92. The molecular weight excluding hydrogens is 400 g/mol. The zero-order valence-electron chi connectivity index (χ0n) is 19.2. The van der Waals surface area contributed by atoms with E-state index in [1.54, 1.807) is 31.2 Å². The van der Waals surface area contributed by atoms with Gasteiger partial charge in [-0.15, -0.1) is 0 Å². The fourth-order valence-corrected chi connectivity index (χ4v) is 3.08. The Morgan fingerprint density at radius 2 is 1.31 bits per heavy atom. The highest BCUT2D eigenvalue weighted by Crippen LogP contribution is 2.23. The van der Waals surface area contributed by atoms with Crippen molar-refractivity contribution in [3.8, 4) is 5.75 Å². The van der Waals surface area contributed by atoms with Crippen LogP contribution in [0.15, 0.2) is 72.8 Å². The molecule has 3 aromatic rings. The molecule has 2 amide bonds. The van der Waals surface area contributed by atoms with Crippen LogP contribution in [0.2, 0.25) is 0 Å². The van der Waals surface area contributed by atoms with Crippen molar-refractivity contribution in [1.29, 1.82) is 0 Å². The van der Waals surface area contributed by atoms with Crippen LogP contribution in [0.5, 0.6) is 5.75 Å². The second-order valence-electron chi connectivity index (χ2n) is 8.92. The number of rotatable bonds is 6. The summed E-state index contributed by atoms with van der Waals surface area (Å²) in [6, 6.07) is 22.2. The fourth-order valence-electron chi connectivity index (χ4n) is 3.08. The Hall–Kier alpha value is -3.60. The molecular formula is C27H30N2O3. The Morgan fingerprint density at radius 3 is 1.84 bits per heavy atom. The number of carbonyl (C=O) groups excluding carboxylic acids is 2. The highest BCUT2D eigenvalue weighted by atomic mass is 16.5. The number of benzene rings is 3. The van der Waals surface area contributed by atoms with E-state index in [9.17, 15) is 9.59 Å². The molecule has 2 N–H and O–H groups in total. The average Bonchev–Trinajstić information content (AvgIpc) is 2.76. The van der Waals surface area contributed by atoms with Crippen molar-refractivity contribution in [2.75, 3.05) is 10.6 Å². The van der Waals surface area contributed by atoms with Gasteiger partial charge in [0.2, 0.25) is 0 Å². The summed E-state index contributed by atoms with van der Waals surface area (Å²) in [6.45, 7) is 10.1. The fraction of sp³-hybridized carbons (Fsp3) is 0.259. The van der Waals surface area contributed by atoms with Crippen molar-refractivity contribution in [3.05, 3.63) is 89.5 Å². The van der Waals surface area contributed by atoms with Gasteiger partial charge in [-0.25, -0.2) is 0 Å². The predicted molar refractivity (Wildman–Crippen MR) is 129 cm³/mol. The summed E-state index contributed by atoms with van der Waals surface area (Å²) < 4.78 is 5.69. The van der Waals surface area contributed by atoms with Crippen molar-refractivity contribution in [2.45, 2.75) is 46.1 Å². The van der Waals surface area contributed by atoms with Crippen LogP contribution in [0.3, 0.4) is 0 Å². The third-order valence-electron chi connectivity index (χ3n) is 5.13. The van der Waals surface area contributed by atoms with Crippen molar-refractivity contribution in [2.24, 2.45) is 0 Å². The zero-order valence-corrected chi connectivity index (χ0v) is 19.2. The monoisotopic (exact) mass is 430 g/mol. The molecule has 0 fully saturated rings. The van der Waals surface area contributed by atoms with Gasteiger partial charge in [-0.1, -0.05) is 50.6 Å². The quantitative estimate of drug-likeness (QED) is 0.508. The third-order valence-corrected chi connectivity index (χ3v) is 5.13. The topological polar surface area (TPSA) is 67.4 Å². The largest absolute Gasteiger partial charge is 0.481 e. The molecule has 0 radical (unpaired) electrons. The van der Waals surface area contributed by atoms with Gasteiger partial charge in [-0.3, -0.25) is 9.59 Å². The van der Waals surface area contributed by atoms with E-state index in [1.807, 2.05) is 55.5 Å². The van der Waals surface area contributed by atoms with E-state index in [2.05, 4.69) is 31.4 Å². The zero-order chi connectivity index (χ0) is 23.3. The first-order chi connectivity index (χ1) is 15.1. The summed E-state index contributed by atoms with van der Waals surface area (Å²) >= 11 is 0. The smallest absolute Gasteiger partial charge is 0.265 e. The Bertz CT molecular complexity index is 1060. The first-order valence-electron chi connectivity index (χ1n) is 10.7. The molecule has 1 atom stereocenters. The van der Waals surface area contributed by atoms with Crippen LogP contribution in [-0.4, -0.2) is 17.9 Å². The molecule has 3 rings (SSSR count). The Balaban J connectivity index is 1.55. The summed E-state index contributed by atoms with van der Waals surface area (Å²) in [5.74, 6) is 0.218. The van der Waals surface area contributed by atoms with Gasteiger partial charge < -0.3 is 15.4 Å². The molecule has 5 nitrogen and oxygen atoms in total. The molecule has 0 aliphatic carbocycles. The lowest BCUT2D eigenvalue weighted by Gasteiger charge is -2.19. The van der Waals surface area contributed by atoms with Crippen molar-refractivity contribution >= 4 is 23.2 Å².